The molecule has 0 spiro atoms. The summed E-state index contributed by atoms with van der Waals surface area (Å²) in [6, 6.07) is 0. The first-order valence-corrected chi connectivity index (χ1v) is 5.33. The fraction of sp³-hybridized carbons (Fsp3) is 0.750. The van der Waals surface area contributed by atoms with E-state index in [2.05, 4.69) is 19.1 Å². The third kappa shape index (κ3) is 1.25. The Hall–Kier alpha value is -0.590. The highest BCUT2D eigenvalue weighted by molar-refractivity contribution is 5.80. The highest BCUT2D eigenvalue weighted by Gasteiger charge is 2.47. The summed E-state index contributed by atoms with van der Waals surface area (Å²) in [6.45, 7) is 4.02. The van der Waals surface area contributed by atoms with Gasteiger partial charge >= 0.3 is 0 Å². The summed E-state index contributed by atoms with van der Waals surface area (Å²) >= 11 is 0. The lowest BCUT2D eigenvalue weighted by Gasteiger charge is -2.35. The maximum absolute atomic E-state index is 11.5. The Morgan fingerprint density at radius 1 is 1.38 bits per heavy atom. The highest BCUT2D eigenvalue weighted by Crippen LogP contribution is 2.52. The van der Waals surface area contributed by atoms with Gasteiger partial charge in [0.2, 0.25) is 0 Å². The molecule has 1 heteroatoms. The van der Waals surface area contributed by atoms with Crippen LogP contribution in [0, 0.1) is 17.3 Å². The van der Waals surface area contributed by atoms with Crippen LogP contribution in [0.15, 0.2) is 12.2 Å². The lowest BCUT2D eigenvalue weighted by molar-refractivity contribution is -0.123. The standard InChI is InChI=1S/C12H18O/c1-9(13)11-7-6-10-5-3-4-8-12(10,11)2/h4,8,10-11H,3,5-7H2,1-2H3/t10-,11-,12-/m1/s1. The Kier molecular flexibility index (Phi) is 2.05. The van der Waals surface area contributed by atoms with Crippen molar-refractivity contribution in [2.75, 3.05) is 0 Å². The Labute approximate surface area is 80.2 Å². The van der Waals surface area contributed by atoms with Gasteiger partial charge in [0, 0.05) is 5.92 Å². The molecule has 0 unspecified atom stereocenters. The molecule has 1 fully saturated rings. The number of hydrogen-bond acceptors (Lipinski definition) is 1. The fourth-order valence-electron chi connectivity index (χ4n) is 3.26. The van der Waals surface area contributed by atoms with Crippen molar-refractivity contribution >= 4 is 5.78 Å². The monoisotopic (exact) mass is 178 g/mol. The van der Waals surface area contributed by atoms with Crippen molar-refractivity contribution in [1.29, 1.82) is 0 Å². The maximum Gasteiger partial charge on any atom is 0.133 e. The Bertz CT molecular complexity index is 254. The SMILES string of the molecule is CC(=O)[C@H]1CC[C@H]2CCC=C[C@]21C. The molecule has 1 nitrogen and oxygen atoms in total. The lowest BCUT2D eigenvalue weighted by Crippen LogP contribution is -2.32. The zero-order valence-corrected chi connectivity index (χ0v) is 8.55. The van der Waals surface area contributed by atoms with Gasteiger partial charge in [-0.1, -0.05) is 19.1 Å². The molecule has 0 amide bonds. The summed E-state index contributed by atoms with van der Waals surface area (Å²) in [5.74, 6) is 1.46. The van der Waals surface area contributed by atoms with Crippen molar-refractivity contribution in [3.05, 3.63) is 12.2 Å². The predicted molar refractivity (Wildman–Crippen MR) is 53.4 cm³/mol. The minimum Gasteiger partial charge on any atom is -0.300 e. The summed E-state index contributed by atoms with van der Waals surface area (Å²) in [5.41, 5.74) is 0.198. The van der Waals surface area contributed by atoms with Crippen molar-refractivity contribution in [3.8, 4) is 0 Å². The molecule has 0 radical (unpaired) electrons. The molecule has 0 aromatic rings. The number of ketones is 1. The van der Waals surface area contributed by atoms with E-state index in [9.17, 15) is 4.79 Å². The molecule has 0 aromatic carbocycles. The van der Waals surface area contributed by atoms with Gasteiger partial charge in [0.25, 0.3) is 0 Å². The molecule has 0 aliphatic heterocycles. The quantitative estimate of drug-likeness (QED) is 0.564. The van der Waals surface area contributed by atoms with Crippen LogP contribution in [0.1, 0.15) is 39.5 Å². The van der Waals surface area contributed by atoms with Gasteiger partial charge in [0.1, 0.15) is 5.78 Å². The van der Waals surface area contributed by atoms with E-state index in [4.69, 9.17) is 0 Å². The van der Waals surface area contributed by atoms with Crippen molar-refractivity contribution in [3.63, 3.8) is 0 Å². The van der Waals surface area contributed by atoms with Crippen molar-refractivity contribution in [1.82, 2.24) is 0 Å². The Morgan fingerprint density at radius 3 is 2.85 bits per heavy atom. The Morgan fingerprint density at radius 2 is 2.15 bits per heavy atom. The molecule has 2 aliphatic carbocycles. The van der Waals surface area contributed by atoms with Crippen LogP contribution >= 0.6 is 0 Å². The van der Waals surface area contributed by atoms with Gasteiger partial charge in [-0.25, -0.2) is 0 Å². The van der Waals surface area contributed by atoms with Crippen LogP contribution in [0.2, 0.25) is 0 Å². The van der Waals surface area contributed by atoms with Gasteiger partial charge in [0.05, 0.1) is 0 Å². The topological polar surface area (TPSA) is 17.1 Å². The van der Waals surface area contributed by atoms with Crippen LogP contribution < -0.4 is 0 Å². The number of Topliss-reactive ketones (excluding diaryl/α,β-unsaturated/α-hetero) is 1. The Balaban J connectivity index is 2.30. The number of rotatable bonds is 1. The van der Waals surface area contributed by atoms with Gasteiger partial charge in [-0.3, -0.25) is 4.79 Å². The number of carbonyl (C=O) groups is 1. The van der Waals surface area contributed by atoms with Crippen molar-refractivity contribution in [2.45, 2.75) is 39.5 Å². The van der Waals surface area contributed by atoms with Crippen LogP contribution in [0.4, 0.5) is 0 Å². The zero-order chi connectivity index (χ0) is 9.47. The molecule has 1 saturated carbocycles. The first-order chi connectivity index (χ1) is 6.14. The van der Waals surface area contributed by atoms with E-state index in [1.54, 1.807) is 6.92 Å². The molecular weight excluding hydrogens is 160 g/mol. The normalized spacial score (nSPS) is 43.2. The van der Waals surface area contributed by atoms with Crippen LogP contribution in [0.25, 0.3) is 0 Å². The van der Waals surface area contributed by atoms with E-state index >= 15 is 0 Å². The molecular formula is C12H18O. The lowest BCUT2D eigenvalue weighted by atomic mass is 9.68. The molecule has 3 atom stereocenters. The van der Waals surface area contributed by atoms with Gasteiger partial charge in [0.15, 0.2) is 0 Å². The van der Waals surface area contributed by atoms with Crippen molar-refractivity contribution < 1.29 is 4.79 Å². The second kappa shape index (κ2) is 2.97. The molecule has 13 heavy (non-hydrogen) atoms. The van der Waals surface area contributed by atoms with E-state index in [-0.39, 0.29) is 5.41 Å². The third-order valence-corrected chi connectivity index (χ3v) is 4.08. The second-order valence-corrected chi connectivity index (χ2v) is 4.78. The summed E-state index contributed by atoms with van der Waals surface area (Å²) in [6.07, 6.45) is 9.44. The molecule has 2 rings (SSSR count). The third-order valence-electron chi connectivity index (χ3n) is 4.08. The van der Waals surface area contributed by atoms with E-state index in [1.807, 2.05) is 0 Å². The molecule has 0 bridgehead atoms. The van der Waals surface area contributed by atoms with Gasteiger partial charge in [-0.2, -0.15) is 0 Å². The average molecular weight is 178 g/mol. The second-order valence-electron chi connectivity index (χ2n) is 4.78. The van der Waals surface area contributed by atoms with E-state index < -0.39 is 0 Å². The number of allylic oxidation sites excluding steroid dienone is 2. The fourth-order valence-corrected chi connectivity index (χ4v) is 3.26. The number of carbonyl (C=O) groups excluding carboxylic acids is 1. The average Bonchev–Trinajstić information content (AvgIpc) is 2.41. The van der Waals surface area contributed by atoms with Gasteiger partial charge in [-0.05, 0) is 43.9 Å². The first kappa shape index (κ1) is 8.98. The highest BCUT2D eigenvalue weighted by atomic mass is 16.1. The first-order valence-electron chi connectivity index (χ1n) is 5.33. The molecule has 2 aliphatic rings. The van der Waals surface area contributed by atoms with E-state index in [0.717, 1.165) is 12.3 Å². The predicted octanol–water partition coefficient (Wildman–Crippen LogP) is 2.96. The van der Waals surface area contributed by atoms with Crippen LogP contribution in [0.5, 0.6) is 0 Å². The summed E-state index contributed by atoms with van der Waals surface area (Å²) in [5, 5.41) is 0. The molecule has 0 aromatic heterocycles. The van der Waals surface area contributed by atoms with Crippen LogP contribution in [-0.2, 0) is 4.79 Å². The van der Waals surface area contributed by atoms with E-state index in [0.29, 0.717) is 11.7 Å². The summed E-state index contributed by atoms with van der Waals surface area (Å²) in [7, 11) is 0. The minimum atomic E-state index is 0.198. The molecule has 0 N–H and O–H groups in total. The minimum absolute atomic E-state index is 0.198. The summed E-state index contributed by atoms with van der Waals surface area (Å²) in [4.78, 5) is 11.5. The number of hydrogen-bond donors (Lipinski definition) is 0. The maximum atomic E-state index is 11.5. The van der Waals surface area contributed by atoms with Gasteiger partial charge < -0.3 is 0 Å². The zero-order valence-electron chi connectivity index (χ0n) is 8.55. The van der Waals surface area contributed by atoms with Crippen LogP contribution in [0.3, 0.4) is 0 Å². The van der Waals surface area contributed by atoms with Crippen molar-refractivity contribution in [2.24, 2.45) is 17.3 Å². The number of fused-ring (bicyclic) bond motifs is 1. The largest absolute Gasteiger partial charge is 0.300 e. The van der Waals surface area contributed by atoms with Crippen LogP contribution in [-0.4, -0.2) is 5.78 Å². The van der Waals surface area contributed by atoms with E-state index in [1.165, 1.54) is 19.3 Å². The molecule has 0 saturated heterocycles. The van der Waals surface area contributed by atoms with Gasteiger partial charge in [-0.15, -0.1) is 0 Å². The molecule has 72 valence electrons. The smallest absolute Gasteiger partial charge is 0.133 e. The summed E-state index contributed by atoms with van der Waals surface area (Å²) < 4.78 is 0. The molecule has 0 heterocycles.